The van der Waals surface area contributed by atoms with E-state index in [0.717, 1.165) is 11.4 Å². The fourth-order valence-electron chi connectivity index (χ4n) is 2.54. The maximum absolute atomic E-state index is 11.3. The Hall–Kier alpha value is -3.28. The molecule has 27 heavy (non-hydrogen) atoms. The van der Waals surface area contributed by atoms with Crippen molar-refractivity contribution >= 4 is 28.9 Å². The van der Waals surface area contributed by atoms with Crippen molar-refractivity contribution in [3.8, 4) is 0 Å². The van der Waals surface area contributed by atoms with Crippen molar-refractivity contribution in [1.29, 1.82) is 0 Å². The van der Waals surface area contributed by atoms with Gasteiger partial charge in [-0.2, -0.15) is 10.1 Å². The number of aromatic nitrogens is 3. The van der Waals surface area contributed by atoms with Crippen molar-refractivity contribution in [2.24, 2.45) is 0 Å². The summed E-state index contributed by atoms with van der Waals surface area (Å²) in [6.45, 7) is 8.10. The lowest BCUT2D eigenvalue weighted by Gasteiger charge is -2.19. The van der Waals surface area contributed by atoms with Crippen molar-refractivity contribution in [2.75, 3.05) is 10.6 Å². The molecule has 138 valence electrons. The third kappa shape index (κ3) is 4.88. The number of benzene rings is 2. The molecule has 0 amide bonds. The average molecular weight is 361 g/mol. The second-order valence-electron chi connectivity index (χ2n) is 7.38. The van der Waals surface area contributed by atoms with Crippen LogP contribution in [0.4, 0.5) is 23.1 Å². The first-order chi connectivity index (χ1) is 12.8. The average Bonchev–Trinajstić information content (AvgIpc) is 2.62. The SMILES string of the molecule is CC(=O)c1ccc(Nc2nncc(Nc3ccc(C(C)(C)C)cc3)n2)cc1. The Labute approximate surface area is 159 Å². The lowest BCUT2D eigenvalue weighted by molar-refractivity contribution is 0.101. The van der Waals surface area contributed by atoms with Crippen LogP contribution in [0.5, 0.6) is 0 Å². The van der Waals surface area contributed by atoms with Gasteiger partial charge in [0.15, 0.2) is 11.6 Å². The van der Waals surface area contributed by atoms with E-state index in [9.17, 15) is 4.79 Å². The molecule has 1 heterocycles. The van der Waals surface area contributed by atoms with E-state index >= 15 is 0 Å². The number of hydrogen-bond acceptors (Lipinski definition) is 6. The molecule has 0 fully saturated rings. The van der Waals surface area contributed by atoms with E-state index in [4.69, 9.17) is 0 Å². The largest absolute Gasteiger partial charge is 0.339 e. The van der Waals surface area contributed by atoms with Crippen molar-refractivity contribution in [2.45, 2.75) is 33.1 Å². The second kappa shape index (κ2) is 7.53. The van der Waals surface area contributed by atoms with Gasteiger partial charge in [-0.15, -0.1) is 5.10 Å². The van der Waals surface area contributed by atoms with Gasteiger partial charge in [0.05, 0.1) is 6.20 Å². The Morgan fingerprint density at radius 1 is 0.889 bits per heavy atom. The third-order valence-corrected chi connectivity index (χ3v) is 4.13. The zero-order valence-electron chi connectivity index (χ0n) is 15.9. The second-order valence-corrected chi connectivity index (χ2v) is 7.38. The first-order valence-corrected chi connectivity index (χ1v) is 8.76. The van der Waals surface area contributed by atoms with Gasteiger partial charge in [0.2, 0.25) is 5.95 Å². The molecule has 6 heteroatoms. The summed E-state index contributed by atoms with van der Waals surface area (Å²) in [6, 6.07) is 15.4. The highest BCUT2D eigenvalue weighted by Crippen LogP contribution is 2.24. The minimum Gasteiger partial charge on any atom is -0.339 e. The summed E-state index contributed by atoms with van der Waals surface area (Å²) in [5.41, 5.74) is 3.76. The molecule has 0 aliphatic heterocycles. The normalized spacial score (nSPS) is 11.1. The van der Waals surface area contributed by atoms with E-state index in [0.29, 0.717) is 17.3 Å². The Bertz CT molecular complexity index is 928. The van der Waals surface area contributed by atoms with E-state index in [-0.39, 0.29) is 11.2 Å². The highest BCUT2D eigenvalue weighted by atomic mass is 16.1. The van der Waals surface area contributed by atoms with E-state index < -0.39 is 0 Å². The van der Waals surface area contributed by atoms with Gasteiger partial charge in [-0.3, -0.25) is 4.79 Å². The van der Waals surface area contributed by atoms with Gasteiger partial charge in [0.25, 0.3) is 0 Å². The molecule has 6 nitrogen and oxygen atoms in total. The van der Waals surface area contributed by atoms with E-state index in [2.05, 4.69) is 58.7 Å². The van der Waals surface area contributed by atoms with E-state index in [1.54, 1.807) is 25.3 Å². The predicted octanol–water partition coefficient (Wildman–Crippen LogP) is 4.86. The van der Waals surface area contributed by atoms with Crippen LogP contribution in [0, 0.1) is 0 Å². The quantitative estimate of drug-likeness (QED) is 0.632. The number of carbonyl (C=O) groups excluding carboxylic acids is 1. The lowest BCUT2D eigenvalue weighted by atomic mass is 9.87. The summed E-state index contributed by atoms with van der Waals surface area (Å²) in [6.07, 6.45) is 1.57. The topological polar surface area (TPSA) is 79.8 Å². The van der Waals surface area contributed by atoms with Crippen molar-refractivity contribution < 1.29 is 4.79 Å². The minimum absolute atomic E-state index is 0.0307. The van der Waals surface area contributed by atoms with Crippen LogP contribution in [-0.4, -0.2) is 21.0 Å². The number of hydrogen-bond donors (Lipinski definition) is 2. The molecule has 0 saturated heterocycles. The van der Waals surface area contributed by atoms with Gasteiger partial charge < -0.3 is 10.6 Å². The maximum atomic E-state index is 11.3. The summed E-state index contributed by atoms with van der Waals surface area (Å²) in [5.74, 6) is 1.00. The van der Waals surface area contributed by atoms with Crippen LogP contribution in [0.2, 0.25) is 0 Å². The molecule has 2 N–H and O–H groups in total. The molecule has 2 aromatic carbocycles. The van der Waals surface area contributed by atoms with Gasteiger partial charge in [-0.1, -0.05) is 32.9 Å². The molecular weight excluding hydrogens is 338 g/mol. The van der Waals surface area contributed by atoms with Crippen LogP contribution in [0.15, 0.2) is 54.7 Å². The fraction of sp³-hybridized carbons (Fsp3) is 0.238. The molecule has 0 saturated carbocycles. The van der Waals surface area contributed by atoms with Crippen LogP contribution in [-0.2, 0) is 5.41 Å². The Morgan fingerprint density at radius 2 is 1.48 bits per heavy atom. The molecule has 3 aromatic rings. The van der Waals surface area contributed by atoms with Gasteiger partial charge in [-0.05, 0) is 54.3 Å². The first kappa shape index (κ1) is 18.5. The molecule has 1 aromatic heterocycles. The van der Waals surface area contributed by atoms with Gasteiger partial charge in [0.1, 0.15) is 0 Å². The summed E-state index contributed by atoms with van der Waals surface area (Å²) >= 11 is 0. The predicted molar refractivity (Wildman–Crippen MR) is 108 cm³/mol. The van der Waals surface area contributed by atoms with Crippen LogP contribution in [0.3, 0.4) is 0 Å². The molecule has 0 aliphatic carbocycles. The van der Waals surface area contributed by atoms with Crippen molar-refractivity contribution in [1.82, 2.24) is 15.2 Å². The number of anilines is 4. The molecule has 0 bridgehead atoms. The van der Waals surface area contributed by atoms with Gasteiger partial charge in [-0.25, -0.2) is 0 Å². The highest BCUT2D eigenvalue weighted by molar-refractivity contribution is 5.94. The number of nitrogens with zero attached hydrogens (tertiary/aromatic N) is 3. The first-order valence-electron chi connectivity index (χ1n) is 8.76. The molecular formula is C21H23N5O. The fourth-order valence-corrected chi connectivity index (χ4v) is 2.54. The molecule has 0 spiro atoms. The van der Waals surface area contributed by atoms with Crippen LogP contribution in [0.1, 0.15) is 43.6 Å². The molecule has 0 radical (unpaired) electrons. The highest BCUT2D eigenvalue weighted by Gasteiger charge is 2.13. The third-order valence-electron chi connectivity index (χ3n) is 4.13. The van der Waals surface area contributed by atoms with Crippen LogP contribution in [0.25, 0.3) is 0 Å². The number of ketones is 1. The zero-order valence-corrected chi connectivity index (χ0v) is 15.9. The Kier molecular flexibility index (Phi) is 5.16. The van der Waals surface area contributed by atoms with Gasteiger partial charge >= 0.3 is 0 Å². The van der Waals surface area contributed by atoms with Crippen molar-refractivity contribution in [3.63, 3.8) is 0 Å². The standard InChI is InChI=1S/C21H23N5O/c1-14(27)15-5-9-18(10-6-15)24-20-25-19(13-22-26-20)23-17-11-7-16(8-12-17)21(2,3)4/h5-13H,1-4H3,(H2,23,24,25,26). The zero-order chi connectivity index (χ0) is 19.4. The summed E-state index contributed by atoms with van der Waals surface area (Å²) in [5, 5.41) is 14.3. The number of carbonyl (C=O) groups is 1. The molecule has 0 unspecified atom stereocenters. The number of Topliss-reactive ketones (excluding diaryl/α,β-unsaturated/α-hetero) is 1. The summed E-state index contributed by atoms with van der Waals surface area (Å²) < 4.78 is 0. The van der Waals surface area contributed by atoms with E-state index in [1.165, 1.54) is 5.56 Å². The monoisotopic (exact) mass is 361 g/mol. The molecule has 3 rings (SSSR count). The van der Waals surface area contributed by atoms with Gasteiger partial charge in [0, 0.05) is 16.9 Å². The smallest absolute Gasteiger partial charge is 0.249 e. The maximum Gasteiger partial charge on any atom is 0.249 e. The van der Waals surface area contributed by atoms with E-state index in [1.807, 2.05) is 24.3 Å². The number of rotatable bonds is 5. The summed E-state index contributed by atoms with van der Waals surface area (Å²) in [4.78, 5) is 15.8. The lowest BCUT2D eigenvalue weighted by Crippen LogP contribution is -2.10. The molecule has 0 aliphatic rings. The molecule has 0 atom stereocenters. The minimum atomic E-state index is 0.0307. The summed E-state index contributed by atoms with van der Waals surface area (Å²) in [7, 11) is 0. The van der Waals surface area contributed by atoms with Crippen molar-refractivity contribution in [3.05, 3.63) is 65.9 Å². The number of nitrogens with one attached hydrogen (secondary N) is 2. The van der Waals surface area contributed by atoms with Crippen LogP contribution >= 0.6 is 0 Å². The Balaban J connectivity index is 1.71. The Morgan fingerprint density at radius 3 is 2.07 bits per heavy atom. The van der Waals surface area contributed by atoms with Crippen LogP contribution < -0.4 is 10.6 Å².